The Labute approximate surface area is 114 Å². The van der Waals surface area contributed by atoms with E-state index in [0.29, 0.717) is 17.1 Å². The zero-order chi connectivity index (χ0) is 14.0. The van der Waals surface area contributed by atoms with E-state index in [1.54, 1.807) is 26.4 Å². The van der Waals surface area contributed by atoms with Crippen LogP contribution in [0.4, 0.5) is 0 Å². The van der Waals surface area contributed by atoms with Gasteiger partial charge in [-0.3, -0.25) is 4.79 Å². The Morgan fingerprint density at radius 2 is 2.00 bits per heavy atom. The van der Waals surface area contributed by atoms with Gasteiger partial charge in [0.2, 0.25) is 0 Å². The average molecular weight is 262 g/mol. The van der Waals surface area contributed by atoms with Crippen molar-refractivity contribution in [2.45, 2.75) is 33.1 Å². The minimum Gasteiger partial charge on any atom is -0.497 e. The standard InChI is InChI=1S/C16H22O3/c1-16(2)9-5-6-13(16)15(17)12-10-11(18-3)7-8-14(12)19-4/h7-8,10,13H,5-6,9H2,1-4H3. The number of rotatable bonds is 4. The third-order valence-electron chi connectivity index (χ3n) is 4.25. The summed E-state index contributed by atoms with van der Waals surface area (Å²) in [5, 5.41) is 0. The van der Waals surface area contributed by atoms with Crippen molar-refractivity contribution in [2.75, 3.05) is 14.2 Å². The number of hydrogen-bond acceptors (Lipinski definition) is 3. The highest BCUT2D eigenvalue weighted by atomic mass is 16.5. The topological polar surface area (TPSA) is 35.5 Å². The summed E-state index contributed by atoms with van der Waals surface area (Å²) in [6.45, 7) is 4.35. The lowest BCUT2D eigenvalue weighted by Gasteiger charge is -2.26. The maximum atomic E-state index is 12.8. The molecule has 0 aliphatic heterocycles. The monoisotopic (exact) mass is 262 g/mol. The molecule has 0 aromatic heterocycles. The number of benzene rings is 1. The molecular formula is C16H22O3. The van der Waals surface area contributed by atoms with E-state index in [1.807, 2.05) is 6.07 Å². The number of ether oxygens (including phenoxy) is 2. The SMILES string of the molecule is COc1ccc(OC)c(C(=O)C2CCCC2(C)C)c1. The first kappa shape index (κ1) is 13.9. The van der Waals surface area contributed by atoms with E-state index in [0.717, 1.165) is 19.3 Å². The van der Waals surface area contributed by atoms with Gasteiger partial charge < -0.3 is 9.47 Å². The van der Waals surface area contributed by atoms with E-state index in [4.69, 9.17) is 9.47 Å². The maximum Gasteiger partial charge on any atom is 0.170 e. The molecule has 0 spiro atoms. The van der Waals surface area contributed by atoms with Gasteiger partial charge in [-0.25, -0.2) is 0 Å². The average Bonchev–Trinajstić information content (AvgIpc) is 2.76. The van der Waals surface area contributed by atoms with Gasteiger partial charge >= 0.3 is 0 Å². The van der Waals surface area contributed by atoms with Gasteiger partial charge in [-0.2, -0.15) is 0 Å². The van der Waals surface area contributed by atoms with Crippen molar-refractivity contribution in [3.05, 3.63) is 23.8 Å². The van der Waals surface area contributed by atoms with E-state index in [-0.39, 0.29) is 17.1 Å². The van der Waals surface area contributed by atoms with Crippen LogP contribution in [0.1, 0.15) is 43.5 Å². The van der Waals surface area contributed by atoms with E-state index in [1.165, 1.54) is 0 Å². The molecule has 0 N–H and O–H groups in total. The third-order valence-corrected chi connectivity index (χ3v) is 4.25. The minimum absolute atomic E-state index is 0.0746. The van der Waals surface area contributed by atoms with Gasteiger partial charge in [0.15, 0.2) is 5.78 Å². The predicted octanol–water partition coefficient (Wildman–Crippen LogP) is 3.71. The lowest BCUT2D eigenvalue weighted by atomic mass is 9.77. The largest absolute Gasteiger partial charge is 0.497 e. The number of ketones is 1. The molecule has 1 aromatic rings. The van der Waals surface area contributed by atoms with Crippen LogP contribution in [0.25, 0.3) is 0 Å². The summed E-state index contributed by atoms with van der Waals surface area (Å²) in [6.07, 6.45) is 3.19. The fourth-order valence-corrected chi connectivity index (χ4v) is 3.01. The van der Waals surface area contributed by atoms with Crippen LogP contribution < -0.4 is 9.47 Å². The van der Waals surface area contributed by atoms with Gasteiger partial charge in [0, 0.05) is 5.92 Å². The molecule has 0 bridgehead atoms. The van der Waals surface area contributed by atoms with Crippen LogP contribution in [0, 0.1) is 11.3 Å². The van der Waals surface area contributed by atoms with Crippen LogP contribution in [-0.4, -0.2) is 20.0 Å². The van der Waals surface area contributed by atoms with Crippen molar-refractivity contribution in [3.63, 3.8) is 0 Å². The molecule has 0 saturated heterocycles. The minimum atomic E-state index is 0.0746. The molecular weight excluding hydrogens is 240 g/mol. The van der Waals surface area contributed by atoms with Crippen molar-refractivity contribution in [1.29, 1.82) is 0 Å². The Balaban J connectivity index is 2.37. The van der Waals surface area contributed by atoms with Gasteiger partial charge in [0.1, 0.15) is 11.5 Å². The second-order valence-corrected chi connectivity index (χ2v) is 5.86. The van der Waals surface area contributed by atoms with Gasteiger partial charge in [0.25, 0.3) is 0 Å². The quantitative estimate of drug-likeness (QED) is 0.776. The number of hydrogen-bond donors (Lipinski definition) is 0. The van der Waals surface area contributed by atoms with Crippen molar-refractivity contribution < 1.29 is 14.3 Å². The van der Waals surface area contributed by atoms with Gasteiger partial charge in [-0.05, 0) is 36.5 Å². The summed E-state index contributed by atoms with van der Waals surface area (Å²) in [4.78, 5) is 12.8. The summed E-state index contributed by atoms with van der Waals surface area (Å²) in [5.41, 5.74) is 0.715. The Morgan fingerprint density at radius 1 is 1.26 bits per heavy atom. The van der Waals surface area contributed by atoms with E-state index < -0.39 is 0 Å². The van der Waals surface area contributed by atoms with Gasteiger partial charge in [0.05, 0.1) is 19.8 Å². The molecule has 1 aromatic carbocycles. The van der Waals surface area contributed by atoms with Crippen molar-refractivity contribution >= 4 is 5.78 Å². The first-order chi connectivity index (χ1) is 8.99. The summed E-state index contributed by atoms with van der Waals surface area (Å²) >= 11 is 0. The lowest BCUT2D eigenvalue weighted by molar-refractivity contribution is 0.0835. The first-order valence-corrected chi connectivity index (χ1v) is 6.76. The van der Waals surface area contributed by atoms with Crippen molar-refractivity contribution in [1.82, 2.24) is 0 Å². The van der Waals surface area contributed by atoms with Crippen LogP contribution in [0.5, 0.6) is 11.5 Å². The Bertz CT molecular complexity index is 477. The van der Waals surface area contributed by atoms with Crippen LogP contribution in [0.3, 0.4) is 0 Å². The van der Waals surface area contributed by atoms with Crippen LogP contribution >= 0.6 is 0 Å². The summed E-state index contributed by atoms with van der Waals surface area (Å²) in [7, 11) is 3.20. The van der Waals surface area contributed by atoms with Crippen LogP contribution in [0.15, 0.2) is 18.2 Å². The molecule has 1 atom stereocenters. The Kier molecular flexibility index (Phi) is 3.83. The van der Waals surface area contributed by atoms with Crippen LogP contribution in [0.2, 0.25) is 0 Å². The van der Waals surface area contributed by atoms with E-state index in [9.17, 15) is 4.79 Å². The molecule has 104 valence electrons. The zero-order valence-corrected chi connectivity index (χ0v) is 12.2. The molecule has 1 aliphatic carbocycles. The van der Waals surface area contributed by atoms with E-state index >= 15 is 0 Å². The molecule has 2 rings (SSSR count). The number of Topliss-reactive ketones (excluding diaryl/α,β-unsaturated/α-hetero) is 1. The third kappa shape index (κ3) is 2.60. The smallest absolute Gasteiger partial charge is 0.170 e. The summed E-state index contributed by atoms with van der Waals surface area (Å²) < 4.78 is 10.5. The van der Waals surface area contributed by atoms with Crippen LogP contribution in [-0.2, 0) is 0 Å². The molecule has 3 nitrogen and oxygen atoms in total. The molecule has 19 heavy (non-hydrogen) atoms. The number of methoxy groups -OCH3 is 2. The first-order valence-electron chi connectivity index (χ1n) is 6.76. The molecule has 3 heteroatoms. The fourth-order valence-electron chi connectivity index (χ4n) is 3.01. The highest BCUT2D eigenvalue weighted by molar-refractivity contribution is 6.01. The maximum absolute atomic E-state index is 12.8. The Hall–Kier alpha value is -1.51. The normalized spacial score (nSPS) is 21.2. The molecule has 1 aliphatic rings. The van der Waals surface area contributed by atoms with Gasteiger partial charge in [-0.1, -0.05) is 20.3 Å². The molecule has 0 heterocycles. The predicted molar refractivity (Wildman–Crippen MR) is 75.0 cm³/mol. The molecule has 1 unspecified atom stereocenters. The van der Waals surface area contributed by atoms with E-state index in [2.05, 4.69) is 13.8 Å². The zero-order valence-electron chi connectivity index (χ0n) is 12.2. The molecule has 0 radical (unpaired) electrons. The lowest BCUT2D eigenvalue weighted by Crippen LogP contribution is -2.26. The van der Waals surface area contributed by atoms with Gasteiger partial charge in [-0.15, -0.1) is 0 Å². The summed E-state index contributed by atoms with van der Waals surface area (Å²) in [6, 6.07) is 5.40. The number of carbonyl (C=O) groups excluding carboxylic acids is 1. The highest BCUT2D eigenvalue weighted by Crippen LogP contribution is 2.45. The van der Waals surface area contributed by atoms with Crippen molar-refractivity contribution in [3.8, 4) is 11.5 Å². The number of carbonyl (C=O) groups is 1. The summed E-state index contributed by atoms with van der Waals surface area (Å²) in [5.74, 6) is 1.58. The fraction of sp³-hybridized carbons (Fsp3) is 0.562. The molecule has 1 saturated carbocycles. The molecule has 1 fully saturated rings. The Morgan fingerprint density at radius 3 is 2.53 bits per heavy atom. The molecule has 0 amide bonds. The highest BCUT2D eigenvalue weighted by Gasteiger charge is 2.40. The second kappa shape index (κ2) is 5.24. The second-order valence-electron chi connectivity index (χ2n) is 5.86. The van der Waals surface area contributed by atoms with Crippen molar-refractivity contribution in [2.24, 2.45) is 11.3 Å².